The number of hydrogen-bond donors (Lipinski definition) is 0. The fourth-order valence-corrected chi connectivity index (χ4v) is 1.49. The highest BCUT2D eigenvalue weighted by atomic mass is 15.5. The van der Waals surface area contributed by atoms with Gasteiger partial charge in [0.15, 0.2) is 5.82 Å². The predicted octanol–water partition coefficient (Wildman–Crippen LogP) is 1.26. The van der Waals surface area contributed by atoms with Crippen molar-refractivity contribution in [2.24, 2.45) is 0 Å². The molecule has 0 N–H and O–H groups in total. The summed E-state index contributed by atoms with van der Waals surface area (Å²) in [7, 11) is 0. The van der Waals surface area contributed by atoms with E-state index in [0.717, 1.165) is 38.4 Å². The second kappa shape index (κ2) is 6.90. The molecule has 1 rings (SSSR count). The normalized spacial score (nSPS) is 10.6. The minimum Gasteiger partial charge on any atom is -0.289 e. The SMILES string of the molecule is C=CCN(CC=C)Cc1nnnn1CCC. The van der Waals surface area contributed by atoms with Crippen LogP contribution in [-0.2, 0) is 13.1 Å². The van der Waals surface area contributed by atoms with Crippen molar-refractivity contribution in [1.82, 2.24) is 25.1 Å². The summed E-state index contributed by atoms with van der Waals surface area (Å²) in [4.78, 5) is 2.18. The van der Waals surface area contributed by atoms with Gasteiger partial charge in [-0.25, -0.2) is 4.68 Å². The Kier molecular flexibility index (Phi) is 5.42. The van der Waals surface area contributed by atoms with Crippen LogP contribution in [0.25, 0.3) is 0 Å². The van der Waals surface area contributed by atoms with Gasteiger partial charge in [-0.3, -0.25) is 4.90 Å². The zero-order chi connectivity index (χ0) is 11.8. The zero-order valence-electron chi connectivity index (χ0n) is 9.84. The quantitative estimate of drug-likeness (QED) is 0.620. The Balaban J connectivity index is 2.63. The van der Waals surface area contributed by atoms with E-state index in [1.807, 2.05) is 16.8 Å². The molecular weight excluding hydrogens is 202 g/mol. The van der Waals surface area contributed by atoms with Crippen LogP contribution in [0.4, 0.5) is 0 Å². The van der Waals surface area contributed by atoms with E-state index < -0.39 is 0 Å². The van der Waals surface area contributed by atoms with Gasteiger partial charge in [0.25, 0.3) is 0 Å². The lowest BCUT2D eigenvalue weighted by atomic mass is 10.4. The van der Waals surface area contributed by atoms with Crippen LogP contribution in [0.15, 0.2) is 25.3 Å². The van der Waals surface area contributed by atoms with Gasteiger partial charge in [-0.05, 0) is 16.8 Å². The highest BCUT2D eigenvalue weighted by Gasteiger charge is 2.09. The maximum absolute atomic E-state index is 4.03. The fraction of sp³-hybridized carbons (Fsp3) is 0.545. The molecule has 1 heterocycles. The van der Waals surface area contributed by atoms with Crippen molar-refractivity contribution in [2.75, 3.05) is 13.1 Å². The molecular formula is C11H19N5. The summed E-state index contributed by atoms with van der Waals surface area (Å²) in [5.41, 5.74) is 0. The van der Waals surface area contributed by atoms with Gasteiger partial charge in [-0.1, -0.05) is 19.1 Å². The Morgan fingerprint density at radius 2 is 2.00 bits per heavy atom. The first-order chi connectivity index (χ1) is 7.81. The van der Waals surface area contributed by atoms with Gasteiger partial charge in [-0.15, -0.1) is 18.3 Å². The summed E-state index contributed by atoms with van der Waals surface area (Å²) in [6.45, 7) is 12.8. The van der Waals surface area contributed by atoms with Gasteiger partial charge in [0.05, 0.1) is 6.54 Å². The standard InChI is InChI=1S/C11H19N5/c1-4-7-15(8-5-2)10-11-12-13-14-16(11)9-6-3/h4-5H,1-2,6-10H2,3H3. The molecule has 88 valence electrons. The molecule has 16 heavy (non-hydrogen) atoms. The number of nitrogens with zero attached hydrogens (tertiary/aromatic N) is 5. The maximum Gasteiger partial charge on any atom is 0.165 e. The fourth-order valence-electron chi connectivity index (χ4n) is 1.49. The van der Waals surface area contributed by atoms with Crippen molar-refractivity contribution in [1.29, 1.82) is 0 Å². The first-order valence-electron chi connectivity index (χ1n) is 5.51. The number of aromatic nitrogens is 4. The summed E-state index contributed by atoms with van der Waals surface area (Å²) in [5, 5.41) is 11.7. The van der Waals surface area contributed by atoms with E-state index in [9.17, 15) is 0 Å². The number of aryl methyl sites for hydroxylation is 1. The third-order valence-electron chi connectivity index (χ3n) is 2.18. The van der Waals surface area contributed by atoms with E-state index in [0.29, 0.717) is 0 Å². The summed E-state index contributed by atoms with van der Waals surface area (Å²) in [5.74, 6) is 0.894. The van der Waals surface area contributed by atoms with Crippen LogP contribution in [0.3, 0.4) is 0 Å². The van der Waals surface area contributed by atoms with Gasteiger partial charge < -0.3 is 0 Å². The van der Waals surface area contributed by atoms with E-state index in [1.54, 1.807) is 0 Å². The molecule has 5 nitrogen and oxygen atoms in total. The number of tetrazole rings is 1. The van der Waals surface area contributed by atoms with Crippen LogP contribution in [0.2, 0.25) is 0 Å². The molecule has 0 bridgehead atoms. The van der Waals surface area contributed by atoms with Crippen molar-refractivity contribution in [3.05, 3.63) is 31.1 Å². The summed E-state index contributed by atoms with van der Waals surface area (Å²) in [6.07, 6.45) is 4.77. The Morgan fingerprint density at radius 1 is 1.31 bits per heavy atom. The number of hydrogen-bond acceptors (Lipinski definition) is 4. The lowest BCUT2D eigenvalue weighted by Crippen LogP contribution is -2.25. The van der Waals surface area contributed by atoms with Gasteiger partial charge in [0, 0.05) is 19.6 Å². The number of rotatable bonds is 8. The topological polar surface area (TPSA) is 46.8 Å². The van der Waals surface area contributed by atoms with Crippen molar-refractivity contribution < 1.29 is 0 Å². The lowest BCUT2D eigenvalue weighted by molar-refractivity contribution is 0.310. The average Bonchev–Trinajstić information content (AvgIpc) is 2.67. The molecule has 0 spiro atoms. The summed E-state index contributed by atoms with van der Waals surface area (Å²) >= 11 is 0. The van der Waals surface area contributed by atoms with Crippen molar-refractivity contribution in [3.63, 3.8) is 0 Å². The van der Waals surface area contributed by atoms with Gasteiger partial charge in [-0.2, -0.15) is 0 Å². The second-order valence-corrected chi connectivity index (χ2v) is 3.59. The highest BCUT2D eigenvalue weighted by molar-refractivity contribution is 4.86. The summed E-state index contributed by atoms with van der Waals surface area (Å²) in [6, 6.07) is 0. The third kappa shape index (κ3) is 3.58. The Hall–Kier alpha value is -1.49. The van der Waals surface area contributed by atoms with Crippen molar-refractivity contribution in [2.45, 2.75) is 26.4 Å². The van der Waals surface area contributed by atoms with Crippen LogP contribution in [0, 0.1) is 0 Å². The van der Waals surface area contributed by atoms with E-state index in [-0.39, 0.29) is 0 Å². The molecule has 0 atom stereocenters. The highest BCUT2D eigenvalue weighted by Crippen LogP contribution is 2.01. The monoisotopic (exact) mass is 221 g/mol. The molecule has 0 amide bonds. The molecule has 0 aromatic carbocycles. The average molecular weight is 221 g/mol. The Morgan fingerprint density at radius 3 is 2.56 bits per heavy atom. The van der Waals surface area contributed by atoms with Crippen LogP contribution >= 0.6 is 0 Å². The van der Waals surface area contributed by atoms with Crippen molar-refractivity contribution >= 4 is 0 Å². The van der Waals surface area contributed by atoms with Crippen LogP contribution in [0.5, 0.6) is 0 Å². The van der Waals surface area contributed by atoms with Crippen molar-refractivity contribution in [3.8, 4) is 0 Å². The first kappa shape index (κ1) is 12.6. The van der Waals surface area contributed by atoms with E-state index in [2.05, 4.69) is 40.5 Å². The summed E-state index contributed by atoms with van der Waals surface area (Å²) < 4.78 is 1.85. The second-order valence-electron chi connectivity index (χ2n) is 3.59. The van der Waals surface area contributed by atoms with Crippen LogP contribution in [-0.4, -0.2) is 38.2 Å². The van der Waals surface area contributed by atoms with E-state index in [1.165, 1.54) is 0 Å². The molecule has 5 heteroatoms. The van der Waals surface area contributed by atoms with Gasteiger partial charge in [0.2, 0.25) is 0 Å². The molecule has 0 saturated heterocycles. The van der Waals surface area contributed by atoms with Gasteiger partial charge in [0.1, 0.15) is 0 Å². The van der Waals surface area contributed by atoms with E-state index in [4.69, 9.17) is 0 Å². The zero-order valence-corrected chi connectivity index (χ0v) is 9.84. The third-order valence-corrected chi connectivity index (χ3v) is 2.18. The molecule has 0 aliphatic heterocycles. The smallest absolute Gasteiger partial charge is 0.165 e. The molecule has 0 aliphatic carbocycles. The van der Waals surface area contributed by atoms with Crippen LogP contribution < -0.4 is 0 Å². The molecule has 1 aromatic heterocycles. The molecule has 0 radical (unpaired) electrons. The Bertz CT molecular complexity index is 321. The van der Waals surface area contributed by atoms with E-state index >= 15 is 0 Å². The predicted molar refractivity (Wildman–Crippen MR) is 63.8 cm³/mol. The minimum absolute atomic E-state index is 0.727. The molecule has 1 aromatic rings. The Labute approximate surface area is 96.4 Å². The first-order valence-corrected chi connectivity index (χ1v) is 5.51. The lowest BCUT2D eigenvalue weighted by Gasteiger charge is -2.17. The minimum atomic E-state index is 0.727. The molecule has 0 saturated carbocycles. The van der Waals surface area contributed by atoms with Gasteiger partial charge >= 0.3 is 0 Å². The molecule has 0 fully saturated rings. The van der Waals surface area contributed by atoms with Crippen LogP contribution in [0.1, 0.15) is 19.2 Å². The molecule has 0 aliphatic rings. The maximum atomic E-state index is 4.03. The largest absolute Gasteiger partial charge is 0.289 e. The molecule has 0 unspecified atom stereocenters.